The third-order valence-electron chi connectivity index (χ3n) is 5.08. The lowest BCUT2D eigenvalue weighted by Gasteiger charge is -2.20. The number of carbonyl (C=O) groups is 1. The molecule has 0 spiro atoms. The van der Waals surface area contributed by atoms with Crippen LogP contribution in [0.3, 0.4) is 0 Å². The number of amides is 1. The van der Waals surface area contributed by atoms with Gasteiger partial charge in [-0.1, -0.05) is 6.92 Å². The van der Waals surface area contributed by atoms with Gasteiger partial charge in [-0.25, -0.2) is 4.98 Å². The smallest absolute Gasteiger partial charge is 0.274 e. The molecule has 2 atom stereocenters. The van der Waals surface area contributed by atoms with Crippen molar-refractivity contribution in [2.45, 2.75) is 19.9 Å². The fraction of sp³-hybridized carbons (Fsp3) is 0.500. The molecule has 0 N–H and O–H groups in total. The quantitative estimate of drug-likeness (QED) is 0.858. The summed E-state index contributed by atoms with van der Waals surface area (Å²) >= 11 is 0. The molecule has 6 nitrogen and oxygen atoms in total. The maximum Gasteiger partial charge on any atom is 0.274 e. The van der Waals surface area contributed by atoms with Crippen LogP contribution in [-0.4, -0.2) is 51.9 Å². The van der Waals surface area contributed by atoms with E-state index < -0.39 is 0 Å². The molecule has 0 unspecified atom stereocenters. The number of likely N-dealkylation sites (tertiary alicyclic amines) is 2. The van der Waals surface area contributed by atoms with E-state index in [1.54, 1.807) is 18.6 Å². The Kier molecular flexibility index (Phi) is 4.06. The second kappa shape index (κ2) is 6.36. The van der Waals surface area contributed by atoms with Gasteiger partial charge >= 0.3 is 0 Å². The van der Waals surface area contributed by atoms with Gasteiger partial charge in [0, 0.05) is 45.0 Å². The van der Waals surface area contributed by atoms with Gasteiger partial charge in [-0.2, -0.15) is 0 Å². The molecule has 2 aliphatic heterocycles. The number of nitrogens with zero attached hydrogens (tertiary/aromatic N) is 4. The zero-order valence-electron chi connectivity index (χ0n) is 13.9. The highest BCUT2D eigenvalue weighted by molar-refractivity contribution is 5.92. The molecular weight excluding hydrogens is 304 g/mol. The van der Waals surface area contributed by atoms with Crippen LogP contribution in [0, 0.1) is 11.8 Å². The lowest BCUT2D eigenvalue weighted by Crippen LogP contribution is -2.33. The summed E-state index contributed by atoms with van der Waals surface area (Å²) in [4.78, 5) is 25.0. The van der Waals surface area contributed by atoms with Gasteiger partial charge in [0.1, 0.15) is 17.2 Å². The maximum absolute atomic E-state index is 12.5. The van der Waals surface area contributed by atoms with Gasteiger partial charge in [0.15, 0.2) is 0 Å². The third-order valence-corrected chi connectivity index (χ3v) is 5.08. The maximum atomic E-state index is 12.5. The fourth-order valence-electron chi connectivity index (χ4n) is 3.87. The summed E-state index contributed by atoms with van der Waals surface area (Å²) < 4.78 is 5.81. The molecule has 2 fully saturated rings. The average Bonchev–Trinajstić information content (AvgIpc) is 3.30. The lowest BCUT2D eigenvalue weighted by atomic mass is 10.0. The molecule has 2 aromatic rings. The summed E-state index contributed by atoms with van der Waals surface area (Å²) in [6.45, 7) is 6.65. The molecule has 126 valence electrons. The van der Waals surface area contributed by atoms with Gasteiger partial charge < -0.3 is 9.32 Å². The van der Waals surface area contributed by atoms with E-state index in [2.05, 4.69) is 33.9 Å². The number of rotatable bonds is 4. The molecule has 4 rings (SSSR count). The van der Waals surface area contributed by atoms with Crippen molar-refractivity contribution in [1.82, 2.24) is 19.8 Å². The van der Waals surface area contributed by atoms with Gasteiger partial charge in [-0.3, -0.25) is 14.7 Å². The van der Waals surface area contributed by atoms with Crippen molar-refractivity contribution in [1.29, 1.82) is 0 Å². The SMILES string of the molecule is CCc1ccc(CN2C[C@@H]3CN(C(=O)c4cnccn4)C[C@@H]3C2)o1. The van der Waals surface area contributed by atoms with Crippen LogP contribution < -0.4 is 0 Å². The highest BCUT2D eigenvalue weighted by Crippen LogP contribution is 2.32. The zero-order chi connectivity index (χ0) is 16.5. The second-order valence-electron chi connectivity index (χ2n) is 6.74. The minimum absolute atomic E-state index is 0.00247. The number of furan rings is 1. The topological polar surface area (TPSA) is 62.5 Å². The van der Waals surface area contributed by atoms with Crippen LogP contribution in [0.2, 0.25) is 0 Å². The summed E-state index contributed by atoms with van der Waals surface area (Å²) in [7, 11) is 0. The van der Waals surface area contributed by atoms with Gasteiger partial charge in [-0.05, 0) is 24.0 Å². The Morgan fingerprint density at radius 1 is 1.17 bits per heavy atom. The van der Waals surface area contributed by atoms with Crippen LogP contribution in [0.4, 0.5) is 0 Å². The molecule has 1 amide bonds. The molecule has 0 aliphatic carbocycles. The van der Waals surface area contributed by atoms with E-state index in [1.807, 2.05) is 4.90 Å². The van der Waals surface area contributed by atoms with Crippen molar-refractivity contribution in [2.24, 2.45) is 11.8 Å². The molecule has 0 saturated carbocycles. The van der Waals surface area contributed by atoms with E-state index in [0.29, 0.717) is 17.5 Å². The molecule has 2 aliphatic rings. The Hall–Kier alpha value is -2.21. The summed E-state index contributed by atoms with van der Waals surface area (Å²) in [5.74, 6) is 3.18. The van der Waals surface area contributed by atoms with E-state index in [4.69, 9.17) is 4.42 Å². The minimum atomic E-state index is 0.00247. The van der Waals surface area contributed by atoms with Crippen molar-refractivity contribution >= 4 is 5.91 Å². The Morgan fingerprint density at radius 2 is 1.92 bits per heavy atom. The van der Waals surface area contributed by atoms with Crippen LogP contribution in [0.25, 0.3) is 0 Å². The Morgan fingerprint density at radius 3 is 2.54 bits per heavy atom. The largest absolute Gasteiger partial charge is 0.465 e. The average molecular weight is 326 g/mol. The van der Waals surface area contributed by atoms with E-state index in [1.165, 1.54) is 0 Å². The van der Waals surface area contributed by atoms with Crippen molar-refractivity contribution in [3.8, 4) is 0 Å². The van der Waals surface area contributed by atoms with E-state index in [9.17, 15) is 4.79 Å². The number of aryl methyl sites for hydroxylation is 1. The fourth-order valence-corrected chi connectivity index (χ4v) is 3.87. The molecule has 0 radical (unpaired) electrons. The number of aromatic nitrogens is 2. The first-order valence-electron chi connectivity index (χ1n) is 8.58. The van der Waals surface area contributed by atoms with Gasteiger partial charge in [0.05, 0.1) is 12.7 Å². The predicted octanol–water partition coefficient (Wildman–Crippen LogP) is 1.84. The number of hydrogen-bond acceptors (Lipinski definition) is 5. The highest BCUT2D eigenvalue weighted by Gasteiger charge is 2.42. The van der Waals surface area contributed by atoms with Crippen LogP contribution >= 0.6 is 0 Å². The zero-order valence-corrected chi connectivity index (χ0v) is 13.9. The molecule has 2 aromatic heterocycles. The van der Waals surface area contributed by atoms with Crippen molar-refractivity contribution < 1.29 is 9.21 Å². The molecule has 0 aromatic carbocycles. The summed E-state index contributed by atoms with van der Waals surface area (Å²) in [5, 5.41) is 0. The first-order valence-corrected chi connectivity index (χ1v) is 8.58. The monoisotopic (exact) mass is 326 g/mol. The first kappa shape index (κ1) is 15.3. The Balaban J connectivity index is 1.34. The van der Waals surface area contributed by atoms with E-state index >= 15 is 0 Å². The van der Waals surface area contributed by atoms with Crippen molar-refractivity contribution in [2.75, 3.05) is 26.2 Å². The summed E-state index contributed by atoms with van der Waals surface area (Å²) in [5.41, 5.74) is 0.442. The number of hydrogen-bond donors (Lipinski definition) is 0. The minimum Gasteiger partial charge on any atom is -0.465 e. The van der Waals surface area contributed by atoms with Crippen molar-refractivity contribution in [3.05, 3.63) is 47.9 Å². The summed E-state index contributed by atoms with van der Waals surface area (Å²) in [6.07, 6.45) is 5.64. The van der Waals surface area contributed by atoms with Crippen LogP contribution in [0.1, 0.15) is 28.9 Å². The molecule has 4 heterocycles. The number of fused-ring (bicyclic) bond motifs is 1. The predicted molar refractivity (Wildman–Crippen MR) is 88.3 cm³/mol. The highest BCUT2D eigenvalue weighted by atomic mass is 16.3. The first-order chi connectivity index (χ1) is 11.7. The Bertz CT molecular complexity index is 701. The van der Waals surface area contributed by atoms with Gasteiger partial charge in [-0.15, -0.1) is 0 Å². The van der Waals surface area contributed by atoms with Crippen LogP contribution in [-0.2, 0) is 13.0 Å². The van der Waals surface area contributed by atoms with Gasteiger partial charge in [0.2, 0.25) is 0 Å². The molecule has 6 heteroatoms. The number of carbonyl (C=O) groups excluding carboxylic acids is 1. The Labute approximate surface area is 141 Å². The normalized spacial score (nSPS) is 23.6. The van der Waals surface area contributed by atoms with Crippen LogP contribution in [0.5, 0.6) is 0 Å². The second-order valence-corrected chi connectivity index (χ2v) is 6.74. The molecular formula is C18H22N4O2. The molecule has 2 saturated heterocycles. The summed E-state index contributed by atoms with van der Waals surface area (Å²) in [6, 6.07) is 4.14. The third kappa shape index (κ3) is 2.94. The standard InChI is InChI=1S/C18H22N4O2/c1-2-15-3-4-16(24-15)12-21-8-13-10-22(11-14(13)9-21)18(23)17-7-19-5-6-20-17/h3-7,13-14H,2,8-12H2,1H3/t13-,14+. The molecule has 0 bridgehead atoms. The van der Waals surface area contributed by atoms with Gasteiger partial charge in [0.25, 0.3) is 5.91 Å². The van der Waals surface area contributed by atoms with Crippen LogP contribution in [0.15, 0.2) is 35.1 Å². The van der Waals surface area contributed by atoms with Crippen molar-refractivity contribution in [3.63, 3.8) is 0 Å². The lowest BCUT2D eigenvalue weighted by molar-refractivity contribution is 0.0766. The van der Waals surface area contributed by atoms with E-state index in [0.717, 1.165) is 50.7 Å². The molecule has 24 heavy (non-hydrogen) atoms. The van der Waals surface area contributed by atoms with E-state index in [-0.39, 0.29) is 5.91 Å².